The molecular formula is C20H30O6Si. The van der Waals surface area contributed by atoms with Crippen LogP contribution in [-0.4, -0.2) is 14.8 Å². The fraction of sp³-hybridized carbons (Fsp3) is 0.300. The van der Waals surface area contributed by atoms with Crippen LogP contribution in [0.3, 0.4) is 0 Å². The Morgan fingerprint density at radius 3 is 1.19 bits per heavy atom. The summed E-state index contributed by atoms with van der Waals surface area (Å²) in [7, 11) is -3.59. The Balaban J connectivity index is 6.16. The molecule has 7 heteroatoms. The highest BCUT2D eigenvalue weighted by molar-refractivity contribution is 6.67. The lowest BCUT2D eigenvalue weighted by atomic mass is 10.4. The lowest BCUT2D eigenvalue weighted by Crippen LogP contribution is -2.49. The van der Waals surface area contributed by atoms with E-state index < -0.39 is 14.8 Å². The van der Waals surface area contributed by atoms with E-state index in [4.69, 9.17) is 27.5 Å². The maximum Gasteiger partial charge on any atom is 0.728 e. The molecule has 150 valence electrons. The van der Waals surface area contributed by atoms with E-state index in [0.29, 0.717) is 11.5 Å². The van der Waals surface area contributed by atoms with Crippen molar-refractivity contribution in [1.82, 2.24) is 0 Å². The molecule has 0 aliphatic heterocycles. The molecule has 0 unspecified atom stereocenters. The molecule has 0 N–H and O–H groups in total. The summed E-state index contributed by atoms with van der Waals surface area (Å²) in [5, 5.41) is 0. The second kappa shape index (κ2) is 9.77. The van der Waals surface area contributed by atoms with Crippen molar-refractivity contribution in [2.75, 3.05) is 0 Å². The van der Waals surface area contributed by atoms with Crippen molar-refractivity contribution in [3.63, 3.8) is 0 Å². The maximum atomic E-state index is 5.94. The number of hydrogen-bond acceptors (Lipinski definition) is 6. The predicted molar refractivity (Wildman–Crippen MR) is 108 cm³/mol. The summed E-state index contributed by atoms with van der Waals surface area (Å²) in [5.74, 6) is -0.543. The third-order valence-corrected chi connectivity index (χ3v) is 4.71. The minimum absolute atomic E-state index is 0.120. The van der Waals surface area contributed by atoms with Gasteiger partial charge in [0.15, 0.2) is 0 Å². The molecule has 0 aliphatic rings. The lowest BCUT2D eigenvalue weighted by Gasteiger charge is -2.37. The van der Waals surface area contributed by atoms with E-state index in [-0.39, 0.29) is 23.0 Å². The molecule has 0 aromatic carbocycles. The van der Waals surface area contributed by atoms with Gasteiger partial charge in [-0.25, -0.2) is 0 Å². The minimum Gasteiger partial charge on any atom is -0.485 e. The molecule has 0 atom stereocenters. The Bertz CT molecular complexity index is 605. The SMILES string of the molecule is C=C[Si](OC(=C)C)(OC(=C)C)OC(=C)C(OC(=C)C)(OC(=C)C)OC(=C)C. The topological polar surface area (TPSA) is 55.4 Å². The fourth-order valence-electron chi connectivity index (χ4n) is 1.83. The average Bonchev–Trinajstić information content (AvgIpc) is 2.42. The largest absolute Gasteiger partial charge is 0.728 e. The Morgan fingerprint density at radius 1 is 0.630 bits per heavy atom. The summed E-state index contributed by atoms with van der Waals surface area (Å²) < 4.78 is 34.4. The van der Waals surface area contributed by atoms with Gasteiger partial charge in [-0.2, -0.15) is 0 Å². The van der Waals surface area contributed by atoms with Gasteiger partial charge in [0.25, 0.3) is 0 Å². The van der Waals surface area contributed by atoms with Gasteiger partial charge in [-0.1, -0.05) is 39.5 Å². The first-order valence-corrected chi connectivity index (χ1v) is 9.82. The van der Waals surface area contributed by atoms with Gasteiger partial charge >= 0.3 is 14.8 Å². The number of hydrogen-bond donors (Lipinski definition) is 0. The van der Waals surface area contributed by atoms with E-state index in [2.05, 4.69) is 46.1 Å². The number of allylic oxidation sites excluding steroid dienone is 5. The highest BCUT2D eigenvalue weighted by atomic mass is 28.4. The third-order valence-electron chi connectivity index (χ3n) is 2.42. The van der Waals surface area contributed by atoms with Crippen molar-refractivity contribution < 1.29 is 27.5 Å². The first-order valence-electron chi connectivity index (χ1n) is 8.02. The van der Waals surface area contributed by atoms with Crippen molar-refractivity contribution in [2.24, 2.45) is 0 Å². The van der Waals surface area contributed by atoms with Gasteiger partial charge in [-0.3, -0.25) is 0 Å². The van der Waals surface area contributed by atoms with Crippen molar-refractivity contribution in [3.8, 4) is 0 Å². The van der Waals surface area contributed by atoms with Crippen molar-refractivity contribution in [2.45, 2.75) is 40.6 Å². The predicted octanol–water partition coefficient (Wildman–Crippen LogP) is 5.59. The summed E-state index contributed by atoms with van der Waals surface area (Å²) in [4.78, 5) is 0. The first-order chi connectivity index (χ1) is 12.3. The molecule has 0 rings (SSSR count). The molecule has 0 saturated carbocycles. The van der Waals surface area contributed by atoms with Gasteiger partial charge in [0.2, 0.25) is 5.76 Å². The molecule has 0 saturated heterocycles. The summed E-state index contributed by atoms with van der Waals surface area (Å²) in [6, 6.07) is 0. The van der Waals surface area contributed by atoms with Crippen LogP contribution >= 0.6 is 0 Å². The smallest absolute Gasteiger partial charge is 0.485 e. The quantitative estimate of drug-likeness (QED) is 0.218. The van der Waals surface area contributed by atoms with Crippen molar-refractivity contribution in [1.29, 1.82) is 0 Å². The van der Waals surface area contributed by atoms with Gasteiger partial charge in [-0.05, 0) is 41.2 Å². The molecule has 0 aromatic heterocycles. The zero-order valence-corrected chi connectivity index (χ0v) is 18.0. The van der Waals surface area contributed by atoms with Crippen LogP contribution < -0.4 is 0 Å². The third kappa shape index (κ3) is 7.95. The second-order valence-electron chi connectivity index (χ2n) is 5.91. The molecule has 6 nitrogen and oxygen atoms in total. The summed E-state index contributed by atoms with van der Waals surface area (Å²) >= 11 is 0. The maximum absolute atomic E-state index is 5.94. The van der Waals surface area contributed by atoms with Crippen LogP contribution in [0.2, 0.25) is 0 Å². The Morgan fingerprint density at radius 2 is 0.963 bits per heavy atom. The molecule has 0 aliphatic carbocycles. The van der Waals surface area contributed by atoms with Crippen LogP contribution in [-0.2, 0) is 27.5 Å². The molecule has 0 bridgehead atoms. The van der Waals surface area contributed by atoms with E-state index in [1.807, 2.05) is 0 Å². The summed E-state index contributed by atoms with van der Waals surface area (Å²) in [6.45, 7) is 34.3. The monoisotopic (exact) mass is 394 g/mol. The Kier molecular flexibility index (Phi) is 8.76. The molecule has 0 spiro atoms. The normalized spacial score (nSPS) is 10.7. The van der Waals surface area contributed by atoms with E-state index in [0.717, 1.165) is 0 Å². The molecular weight excluding hydrogens is 364 g/mol. The van der Waals surface area contributed by atoms with Crippen LogP contribution in [0.15, 0.2) is 86.3 Å². The van der Waals surface area contributed by atoms with Gasteiger partial charge in [0.1, 0.15) is 0 Å². The molecule has 0 radical (unpaired) electrons. The van der Waals surface area contributed by atoms with Gasteiger partial charge in [0.05, 0.1) is 28.8 Å². The summed E-state index contributed by atoms with van der Waals surface area (Å²) in [5.41, 5.74) is 1.40. The average molecular weight is 395 g/mol. The van der Waals surface area contributed by atoms with E-state index in [1.54, 1.807) is 34.6 Å². The van der Waals surface area contributed by atoms with E-state index in [9.17, 15) is 0 Å². The van der Waals surface area contributed by atoms with E-state index in [1.165, 1.54) is 5.70 Å². The molecule has 0 fully saturated rings. The Hall–Kier alpha value is -2.80. The molecule has 27 heavy (non-hydrogen) atoms. The molecule has 0 heterocycles. The lowest BCUT2D eigenvalue weighted by molar-refractivity contribution is -0.322. The van der Waals surface area contributed by atoms with Crippen LogP contribution in [0.25, 0.3) is 0 Å². The minimum atomic E-state index is -3.59. The zero-order valence-electron chi connectivity index (χ0n) is 17.0. The van der Waals surface area contributed by atoms with Crippen LogP contribution in [0.5, 0.6) is 0 Å². The van der Waals surface area contributed by atoms with Gasteiger partial charge < -0.3 is 27.5 Å². The fourth-order valence-corrected chi connectivity index (χ4v) is 3.64. The highest BCUT2D eigenvalue weighted by Crippen LogP contribution is 2.35. The van der Waals surface area contributed by atoms with Crippen LogP contribution in [0.1, 0.15) is 34.6 Å². The summed E-state index contributed by atoms with van der Waals surface area (Å²) in [6.07, 6.45) is 0. The van der Waals surface area contributed by atoms with Crippen LogP contribution in [0.4, 0.5) is 0 Å². The van der Waals surface area contributed by atoms with Gasteiger partial charge in [-0.15, -0.1) is 0 Å². The number of ether oxygens (including phenoxy) is 3. The number of rotatable bonds is 14. The first kappa shape index (κ1) is 24.2. The molecule has 0 amide bonds. The van der Waals surface area contributed by atoms with Crippen molar-refractivity contribution >= 4 is 8.80 Å². The molecule has 0 aromatic rings. The van der Waals surface area contributed by atoms with E-state index >= 15 is 0 Å². The standard InChI is InChI=1S/C20H30O6Si/c1-13-27(24-17(8)9,25-18(10)11)26-19(12)20(21-14(2)3,22-15(4)5)23-16(6)7/h13H,1-2,4,6,8,10,12H2,3,5,7,9,11H3. The second-order valence-corrected chi connectivity index (χ2v) is 8.14. The highest BCUT2D eigenvalue weighted by Gasteiger charge is 2.53. The van der Waals surface area contributed by atoms with Crippen molar-refractivity contribution in [3.05, 3.63) is 86.3 Å². The van der Waals surface area contributed by atoms with Gasteiger partial charge in [0, 0.05) is 5.70 Å². The van der Waals surface area contributed by atoms with Crippen LogP contribution in [0, 0.1) is 0 Å². The zero-order chi connectivity index (χ0) is 21.4. The Labute approximate surface area is 163 Å².